The molecule has 2 nitrogen and oxygen atoms in total. The summed E-state index contributed by atoms with van der Waals surface area (Å²) in [6.45, 7) is 7.53. The first kappa shape index (κ1) is 14.1. The van der Waals surface area contributed by atoms with E-state index in [1.807, 2.05) is 0 Å². The highest BCUT2D eigenvalue weighted by Crippen LogP contribution is 2.20. The van der Waals surface area contributed by atoms with E-state index in [0.29, 0.717) is 12.0 Å². The van der Waals surface area contributed by atoms with Crippen molar-refractivity contribution >= 4 is 0 Å². The number of rotatable bonds is 7. The fourth-order valence-electron chi connectivity index (χ4n) is 2.03. The molecule has 0 amide bonds. The van der Waals surface area contributed by atoms with Crippen molar-refractivity contribution in [3.63, 3.8) is 0 Å². The molecule has 3 heteroatoms. The van der Waals surface area contributed by atoms with Gasteiger partial charge in [-0.25, -0.2) is 4.39 Å². The van der Waals surface area contributed by atoms with Crippen LogP contribution in [0.2, 0.25) is 0 Å². The first-order valence-corrected chi connectivity index (χ1v) is 6.53. The van der Waals surface area contributed by atoms with Gasteiger partial charge in [0.15, 0.2) is 0 Å². The summed E-state index contributed by atoms with van der Waals surface area (Å²) in [5, 5.41) is 3.55. The van der Waals surface area contributed by atoms with Crippen LogP contribution in [-0.4, -0.2) is 17.6 Å². The van der Waals surface area contributed by atoms with Gasteiger partial charge in [0.1, 0.15) is 5.82 Å². The normalized spacial score (nSPS) is 14.6. The lowest BCUT2D eigenvalue weighted by Crippen LogP contribution is -2.34. The molecule has 0 aliphatic carbocycles. The zero-order valence-electron chi connectivity index (χ0n) is 11.0. The van der Waals surface area contributed by atoms with Gasteiger partial charge in [-0.1, -0.05) is 27.2 Å². The molecule has 0 aliphatic heterocycles. The Bertz CT molecular complexity index is 311. The SMILES string of the molecule is CCCNC(CCC)C(C)c1ccc(F)cn1. The van der Waals surface area contributed by atoms with E-state index in [-0.39, 0.29) is 5.82 Å². The summed E-state index contributed by atoms with van der Waals surface area (Å²) in [6.07, 6.45) is 4.70. The van der Waals surface area contributed by atoms with Crippen LogP contribution in [0.4, 0.5) is 4.39 Å². The molecule has 0 radical (unpaired) electrons. The standard InChI is InChI=1S/C14H23FN2/c1-4-6-13(16-9-5-2)11(3)14-8-7-12(15)10-17-14/h7-8,10-11,13,16H,4-6,9H2,1-3H3. The molecule has 1 rings (SSSR count). The second-order valence-corrected chi connectivity index (χ2v) is 4.54. The number of aromatic nitrogens is 1. The second kappa shape index (κ2) is 7.38. The molecular weight excluding hydrogens is 215 g/mol. The van der Waals surface area contributed by atoms with Crippen molar-refractivity contribution in [1.29, 1.82) is 0 Å². The van der Waals surface area contributed by atoms with Crippen molar-refractivity contribution in [2.24, 2.45) is 0 Å². The molecule has 2 atom stereocenters. The van der Waals surface area contributed by atoms with Gasteiger partial charge in [0.25, 0.3) is 0 Å². The Labute approximate surface area is 104 Å². The minimum atomic E-state index is -0.269. The molecule has 0 spiro atoms. The van der Waals surface area contributed by atoms with E-state index in [0.717, 1.165) is 31.5 Å². The van der Waals surface area contributed by atoms with E-state index in [1.165, 1.54) is 12.3 Å². The zero-order valence-corrected chi connectivity index (χ0v) is 11.0. The van der Waals surface area contributed by atoms with Crippen LogP contribution in [0.1, 0.15) is 51.6 Å². The molecule has 0 saturated heterocycles. The molecule has 1 heterocycles. The molecule has 1 aromatic heterocycles. The quantitative estimate of drug-likeness (QED) is 0.786. The largest absolute Gasteiger partial charge is 0.313 e. The number of halogens is 1. The van der Waals surface area contributed by atoms with Crippen molar-refractivity contribution in [1.82, 2.24) is 10.3 Å². The molecule has 0 aliphatic rings. The van der Waals surface area contributed by atoms with Gasteiger partial charge in [0.2, 0.25) is 0 Å². The molecule has 96 valence electrons. The third-order valence-corrected chi connectivity index (χ3v) is 3.08. The fourth-order valence-corrected chi connectivity index (χ4v) is 2.03. The van der Waals surface area contributed by atoms with E-state index in [9.17, 15) is 4.39 Å². The summed E-state index contributed by atoms with van der Waals surface area (Å²) in [7, 11) is 0. The Morgan fingerprint density at radius 1 is 1.29 bits per heavy atom. The average molecular weight is 238 g/mol. The number of pyridine rings is 1. The Kier molecular flexibility index (Phi) is 6.12. The predicted molar refractivity (Wildman–Crippen MR) is 69.6 cm³/mol. The van der Waals surface area contributed by atoms with Gasteiger partial charge in [0.05, 0.1) is 6.20 Å². The highest BCUT2D eigenvalue weighted by Gasteiger charge is 2.18. The number of hydrogen-bond donors (Lipinski definition) is 1. The third kappa shape index (κ3) is 4.43. The van der Waals surface area contributed by atoms with Crippen LogP contribution in [0.5, 0.6) is 0 Å². The van der Waals surface area contributed by atoms with Crippen molar-refractivity contribution < 1.29 is 4.39 Å². The van der Waals surface area contributed by atoms with Crippen LogP contribution in [0, 0.1) is 5.82 Å². The van der Waals surface area contributed by atoms with Crippen molar-refractivity contribution in [3.05, 3.63) is 29.8 Å². The Balaban J connectivity index is 2.68. The van der Waals surface area contributed by atoms with Crippen LogP contribution >= 0.6 is 0 Å². The van der Waals surface area contributed by atoms with Gasteiger partial charge in [-0.05, 0) is 31.5 Å². The van der Waals surface area contributed by atoms with Gasteiger partial charge in [-0.2, -0.15) is 0 Å². The summed E-state index contributed by atoms with van der Waals surface area (Å²) >= 11 is 0. The Hall–Kier alpha value is -0.960. The second-order valence-electron chi connectivity index (χ2n) is 4.54. The summed E-state index contributed by atoms with van der Waals surface area (Å²) < 4.78 is 12.8. The fraction of sp³-hybridized carbons (Fsp3) is 0.643. The van der Waals surface area contributed by atoms with E-state index in [2.05, 4.69) is 31.1 Å². The maximum atomic E-state index is 12.8. The van der Waals surface area contributed by atoms with Gasteiger partial charge in [0, 0.05) is 17.7 Å². The van der Waals surface area contributed by atoms with E-state index in [4.69, 9.17) is 0 Å². The molecule has 0 bridgehead atoms. The van der Waals surface area contributed by atoms with Crippen LogP contribution in [0.15, 0.2) is 18.3 Å². The van der Waals surface area contributed by atoms with Crippen LogP contribution in [0.3, 0.4) is 0 Å². The monoisotopic (exact) mass is 238 g/mol. The lowest BCUT2D eigenvalue weighted by atomic mass is 9.94. The molecule has 1 aromatic rings. The summed E-state index contributed by atoms with van der Waals surface area (Å²) in [6, 6.07) is 3.70. The number of nitrogens with one attached hydrogen (secondary N) is 1. The minimum Gasteiger partial charge on any atom is -0.313 e. The van der Waals surface area contributed by atoms with Gasteiger partial charge in [-0.15, -0.1) is 0 Å². The number of hydrogen-bond acceptors (Lipinski definition) is 2. The molecule has 0 saturated carbocycles. The molecule has 1 N–H and O–H groups in total. The maximum Gasteiger partial charge on any atom is 0.141 e. The van der Waals surface area contributed by atoms with Crippen molar-refractivity contribution in [2.45, 2.75) is 52.0 Å². The number of nitrogens with zero attached hydrogens (tertiary/aromatic N) is 1. The lowest BCUT2D eigenvalue weighted by Gasteiger charge is -2.24. The zero-order chi connectivity index (χ0) is 12.7. The third-order valence-electron chi connectivity index (χ3n) is 3.08. The highest BCUT2D eigenvalue weighted by atomic mass is 19.1. The average Bonchev–Trinajstić information content (AvgIpc) is 2.34. The smallest absolute Gasteiger partial charge is 0.141 e. The first-order valence-electron chi connectivity index (χ1n) is 6.53. The summed E-state index contributed by atoms with van der Waals surface area (Å²) in [4.78, 5) is 4.17. The Morgan fingerprint density at radius 3 is 2.59 bits per heavy atom. The topological polar surface area (TPSA) is 24.9 Å². The van der Waals surface area contributed by atoms with E-state index >= 15 is 0 Å². The summed E-state index contributed by atoms with van der Waals surface area (Å²) in [5.74, 6) is 0.0524. The molecular formula is C14H23FN2. The predicted octanol–water partition coefficient (Wildman–Crippen LogP) is 3.49. The van der Waals surface area contributed by atoms with E-state index < -0.39 is 0 Å². The van der Waals surface area contributed by atoms with Crippen molar-refractivity contribution in [3.8, 4) is 0 Å². The molecule has 0 fully saturated rings. The maximum absolute atomic E-state index is 12.8. The Morgan fingerprint density at radius 2 is 2.06 bits per heavy atom. The molecule has 2 unspecified atom stereocenters. The van der Waals surface area contributed by atoms with Crippen LogP contribution in [-0.2, 0) is 0 Å². The highest BCUT2D eigenvalue weighted by molar-refractivity contribution is 5.12. The van der Waals surface area contributed by atoms with Crippen molar-refractivity contribution in [2.75, 3.05) is 6.54 Å². The minimum absolute atomic E-state index is 0.269. The molecule has 0 aromatic carbocycles. The van der Waals surface area contributed by atoms with Gasteiger partial charge >= 0.3 is 0 Å². The summed E-state index contributed by atoms with van der Waals surface area (Å²) in [5.41, 5.74) is 0.966. The lowest BCUT2D eigenvalue weighted by molar-refractivity contribution is 0.415. The van der Waals surface area contributed by atoms with Gasteiger partial charge < -0.3 is 5.32 Å². The van der Waals surface area contributed by atoms with E-state index in [1.54, 1.807) is 6.07 Å². The van der Waals surface area contributed by atoms with Crippen LogP contribution in [0.25, 0.3) is 0 Å². The van der Waals surface area contributed by atoms with Gasteiger partial charge in [-0.3, -0.25) is 4.98 Å². The first-order chi connectivity index (χ1) is 8.19. The molecule has 17 heavy (non-hydrogen) atoms. The van der Waals surface area contributed by atoms with Crippen LogP contribution < -0.4 is 5.32 Å².